The third kappa shape index (κ3) is 4.08. The molecule has 1 aliphatic rings. The number of aromatic nitrogens is 5. The maximum Gasteiger partial charge on any atom is 0.236 e. The minimum atomic E-state index is -0.0954. The number of nitrogens with zero attached hydrogens (tertiary/aromatic N) is 5. The monoisotopic (exact) mass is 352 g/mol. The molecule has 0 saturated heterocycles. The maximum atomic E-state index is 12.0. The zero-order valence-electron chi connectivity index (χ0n) is 13.3. The first-order valence-electron chi connectivity index (χ1n) is 7.75. The predicted octanol–water partition coefficient (Wildman–Crippen LogP) is 2.75. The van der Waals surface area contributed by atoms with Gasteiger partial charge < -0.3 is 4.57 Å². The number of hydrogen-bond acceptors (Lipinski definition) is 7. The number of carbonyl (C=O) groups excluding carboxylic acids is 1. The molecule has 3 rings (SSSR count). The van der Waals surface area contributed by atoms with Gasteiger partial charge in [0.05, 0.1) is 5.75 Å². The van der Waals surface area contributed by atoms with Crippen LogP contribution in [0.1, 0.15) is 48.9 Å². The number of thioether (sulfide) groups is 1. The lowest BCUT2D eigenvalue weighted by Gasteiger charge is -2.18. The van der Waals surface area contributed by atoms with Crippen LogP contribution in [0.15, 0.2) is 5.16 Å². The van der Waals surface area contributed by atoms with Crippen LogP contribution in [-0.2, 0) is 11.8 Å². The number of amides is 1. The molecule has 0 aliphatic heterocycles. The third-order valence-electron chi connectivity index (χ3n) is 4.03. The molecule has 1 N–H and O–H groups in total. The van der Waals surface area contributed by atoms with Gasteiger partial charge in [-0.25, -0.2) is 0 Å². The van der Waals surface area contributed by atoms with Crippen LogP contribution >= 0.6 is 23.1 Å². The molecule has 0 unspecified atom stereocenters. The molecule has 124 valence electrons. The molecule has 0 bridgehead atoms. The number of nitrogens with one attached hydrogen (secondary N) is 1. The van der Waals surface area contributed by atoms with Crippen LogP contribution in [0.2, 0.25) is 0 Å². The van der Waals surface area contributed by atoms with Crippen molar-refractivity contribution in [2.24, 2.45) is 7.05 Å². The van der Waals surface area contributed by atoms with E-state index in [9.17, 15) is 4.79 Å². The predicted molar refractivity (Wildman–Crippen MR) is 90.8 cm³/mol. The van der Waals surface area contributed by atoms with E-state index in [0.717, 1.165) is 16.0 Å². The van der Waals surface area contributed by atoms with Crippen molar-refractivity contribution in [1.82, 2.24) is 25.0 Å². The molecule has 0 atom stereocenters. The van der Waals surface area contributed by atoms with Gasteiger partial charge in [0.2, 0.25) is 11.0 Å². The van der Waals surface area contributed by atoms with E-state index in [1.165, 1.54) is 55.2 Å². The van der Waals surface area contributed by atoms with Gasteiger partial charge in [-0.05, 0) is 19.8 Å². The topological polar surface area (TPSA) is 85.6 Å². The Morgan fingerprint density at radius 2 is 2.04 bits per heavy atom. The van der Waals surface area contributed by atoms with Gasteiger partial charge >= 0.3 is 0 Å². The minimum absolute atomic E-state index is 0.0954. The Bertz CT molecular complexity index is 677. The first-order chi connectivity index (χ1) is 11.1. The summed E-state index contributed by atoms with van der Waals surface area (Å²) in [5.41, 5.74) is 0. The third-order valence-corrected chi connectivity index (χ3v) is 6.05. The highest BCUT2D eigenvalue weighted by atomic mass is 32.2. The molecule has 2 aromatic rings. The Hall–Kier alpha value is -1.48. The van der Waals surface area contributed by atoms with Crippen molar-refractivity contribution in [3.63, 3.8) is 0 Å². The van der Waals surface area contributed by atoms with E-state index >= 15 is 0 Å². The highest BCUT2D eigenvalue weighted by molar-refractivity contribution is 7.99. The molecule has 2 heterocycles. The standard InChI is InChI=1S/C14H20N6OS2/c1-9-16-19-14(20(9)2)22-8-11(21)15-13-18-17-12(23-13)10-6-4-3-5-7-10/h10H,3-8H2,1-2H3,(H,15,18,21). The van der Waals surface area contributed by atoms with E-state index in [1.807, 2.05) is 18.5 Å². The van der Waals surface area contributed by atoms with Gasteiger partial charge in [0, 0.05) is 13.0 Å². The fourth-order valence-electron chi connectivity index (χ4n) is 2.60. The van der Waals surface area contributed by atoms with Gasteiger partial charge in [0.25, 0.3) is 0 Å². The Kier molecular flexibility index (Phi) is 5.27. The van der Waals surface area contributed by atoms with Gasteiger partial charge in [-0.15, -0.1) is 20.4 Å². The molecule has 1 amide bonds. The van der Waals surface area contributed by atoms with Gasteiger partial charge in [-0.3, -0.25) is 10.1 Å². The van der Waals surface area contributed by atoms with Crippen LogP contribution in [0.3, 0.4) is 0 Å². The second-order valence-corrected chi connectivity index (χ2v) is 7.66. The van der Waals surface area contributed by atoms with Crippen molar-refractivity contribution in [3.8, 4) is 0 Å². The Labute approximate surface area is 143 Å². The summed E-state index contributed by atoms with van der Waals surface area (Å²) in [6.45, 7) is 1.88. The molecule has 9 heteroatoms. The van der Waals surface area contributed by atoms with Crippen LogP contribution in [0.5, 0.6) is 0 Å². The average Bonchev–Trinajstić information content (AvgIpc) is 3.15. The highest BCUT2D eigenvalue weighted by Crippen LogP contribution is 2.35. The second kappa shape index (κ2) is 7.39. The molecule has 23 heavy (non-hydrogen) atoms. The molecule has 1 aliphatic carbocycles. The number of rotatable bonds is 5. The van der Waals surface area contributed by atoms with Crippen molar-refractivity contribution in [2.45, 2.75) is 50.1 Å². The maximum absolute atomic E-state index is 12.0. The first kappa shape index (κ1) is 16.4. The Morgan fingerprint density at radius 3 is 2.74 bits per heavy atom. The molecule has 1 fully saturated rings. The first-order valence-corrected chi connectivity index (χ1v) is 9.55. The molecule has 2 aromatic heterocycles. The summed E-state index contributed by atoms with van der Waals surface area (Å²) in [5, 5.41) is 21.6. The molecule has 0 aromatic carbocycles. The fourth-order valence-corrected chi connectivity index (χ4v) is 4.28. The summed E-state index contributed by atoms with van der Waals surface area (Å²) in [4.78, 5) is 12.0. The molecular formula is C14H20N6OS2. The summed E-state index contributed by atoms with van der Waals surface area (Å²) >= 11 is 2.86. The van der Waals surface area contributed by atoms with E-state index in [1.54, 1.807) is 0 Å². The number of aryl methyl sites for hydroxylation is 1. The Balaban J connectivity index is 1.51. The summed E-state index contributed by atoms with van der Waals surface area (Å²) in [6, 6.07) is 0. The van der Waals surface area contributed by atoms with Gasteiger partial charge in [0.15, 0.2) is 5.16 Å². The van der Waals surface area contributed by atoms with Crippen LogP contribution in [-0.4, -0.2) is 36.6 Å². The molecule has 0 spiro atoms. The van der Waals surface area contributed by atoms with Crippen LogP contribution in [0, 0.1) is 6.92 Å². The number of anilines is 1. The zero-order valence-corrected chi connectivity index (χ0v) is 14.9. The van der Waals surface area contributed by atoms with E-state index in [4.69, 9.17) is 0 Å². The fraction of sp³-hybridized carbons (Fsp3) is 0.643. The molecule has 1 saturated carbocycles. The van der Waals surface area contributed by atoms with Crippen LogP contribution in [0.4, 0.5) is 5.13 Å². The quantitative estimate of drug-likeness (QED) is 0.833. The lowest BCUT2D eigenvalue weighted by atomic mass is 9.90. The largest absolute Gasteiger partial charge is 0.309 e. The zero-order chi connectivity index (χ0) is 16.2. The summed E-state index contributed by atoms with van der Waals surface area (Å²) in [5.74, 6) is 1.53. The second-order valence-electron chi connectivity index (χ2n) is 5.71. The Morgan fingerprint density at radius 1 is 1.26 bits per heavy atom. The minimum Gasteiger partial charge on any atom is -0.309 e. The number of hydrogen-bond donors (Lipinski definition) is 1. The van der Waals surface area contributed by atoms with E-state index < -0.39 is 0 Å². The number of carbonyl (C=O) groups is 1. The SMILES string of the molecule is Cc1nnc(SCC(=O)Nc2nnc(C3CCCCC3)s2)n1C. The molecular weight excluding hydrogens is 332 g/mol. The van der Waals surface area contributed by atoms with Crippen LogP contribution < -0.4 is 5.32 Å². The average molecular weight is 352 g/mol. The molecule has 0 radical (unpaired) electrons. The lowest BCUT2D eigenvalue weighted by molar-refractivity contribution is -0.113. The summed E-state index contributed by atoms with van der Waals surface area (Å²) in [6.07, 6.45) is 6.21. The smallest absolute Gasteiger partial charge is 0.236 e. The van der Waals surface area contributed by atoms with Crippen molar-refractivity contribution in [2.75, 3.05) is 11.1 Å². The normalized spacial score (nSPS) is 15.7. The van der Waals surface area contributed by atoms with E-state index in [2.05, 4.69) is 25.7 Å². The molecule has 7 nitrogen and oxygen atoms in total. The van der Waals surface area contributed by atoms with Crippen LogP contribution in [0.25, 0.3) is 0 Å². The summed E-state index contributed by atoms with van der Waals surface area (Å²) < 4.78 is 1.87. The van der Waals surface area contributed by atoms with Crippen molar-refractivity contribution in [1.29, 1.82) is 0 Å². The lowest BCUT2D eigenvalue weighted by Crippen LogP contribution is -2.14. The summed E-state index contributed by atoms with van der Waals surface area (Å²) in [7, 11) is 1.89. The van der Waals surface area contributed by atoms with Crippen molar-refractivity contribution < 1.29 is 4.79 Å². The van der Waals surface area contributed by atoms with E-state index in [-0.39, 0.29) is 11.7 Å². The van der Waals surface area contributed by atoms with E-state index in [0.29, 0.717) is 11.0 Å². The van der Waals surface area contributed by atoms with Crippen molar-refractivity contribution in [3.05, 3.63) is 10.8 Å². The highest BCUT2D eigenvalue weighted by Gasteiger charge is 2.20. The van der Waals surface area contributed by atoms with Gasteiger partial charge in [-0.2, -0.15) is 0 Å². The van der Waals surface area contributed by atoms with Gasteiger partial charge in [-0.1, -0.05) is 42.4 Å². The van der Waals surface area contributed by atoms with Crippen molar-refractivity contribution >= 4 is 34.1 Å². The van der Waals surface area contributed by atoms with Gasteiger partial charge in [0.1, 0.15) is 10.8 Å².